The number of phenols is 5. The van der Waals surface area contributed by atoms with E-state index in [9.17, 15) is 25.5 Å². The molecule has 8 nitrogen and oxygen atoms in total. The zero-order valence-corrected chi connectivity index (χ0v) is 31.2. The third-order valence-electron chi connectivity index (χ3n) is 11.0. The summed E-state index contributed by atoms with van der Waals surface area (Å²) in [5.74, 6) is -3.89. The van der Waals surface area contributed by atoms with Crippen LogP contribution < -0.4 is 0 Å². The van der Waals surface area contributed by atoms with Gasteiger partial charge in [0.25, 0.3) is 0 Å². The molecule has 0 amide bonds. The lowest BCUT2D eigenvalue weighted by Crippen LogP contribution is -1.96. The average molecular weight is 768 g/mol. The predicted molar refractivity (Wildman–Crippen MR) is 233 cm³/mol. The number of fused-ring (bicyclic) bond motifs is 6. The minimum Gasteiger partial charge on any atom is -0.504 e. The molecule has 10 rings (SSSR count). The van der Waals surface area contributed by atoms with Crippen LogP contribution in [-0.2, 0) is 0 Å². The Hall–Kier alpha value is -8.23. The number of phenolic OH excluding ortho intramolecular Hbond substituents is 5. The molecular formula is C51H33N3O5. The first-order valence-electron chi connectivity index (χ1n) is 19.0. The van der Waals surface area contributed by atoms with E-state index in [0.717, 1.165) is 33.4 Å². The van der Waals surface area contributed by atoms with Gasteiger partial charge < -0.3 is 25.5 Å². The van der Waals surface area contributed by atoms with Crippen LogP contribution in [0.5, 0.6) is 28.7 Å². The van der Waals surface area contributed by atoms with Gasteiger partial charge in [0.15, 0.2) is 17.3 Å². The molecule has 0 aliphatic rings. The van der Waals surface area contributed by atoms with Crippen molar-refractivity contribution >= 4 is 32.3 Å². The number of nitrogens with zero attached hydrogens (tertiary/aromatic N) is 3. The number of rotatable bonds is 6. The topological polar surface area (TPSA) is 140 Å². The molecule has 0 saturated carbocycles. The Balaban J connectivity index is 1.05. The van der Waals surface area contributed by atoms with Crippen LogP contribution in [0.2, 0.25) is 0 Å². The number of hydrogen-bond donors (Lipinski definition) is 5. The Kier molecular flexibility index (Phi) is 8.39. The Morgan fingerprint density at radius 3 is 1.25 bits per heavy atom. The van der Waals surface area contributed by atoms with E-state index in [1.54, 1.807) is 30.5 Å². The molecule has 10 aromatic rings. The maximum Gasteiger partial charge on any atom is 0.208 e. The molecular weight excluding hydrogens is 735 g/mol. The van der Waals surface area contributed by atoms with Crippen molar-refractivity contribution in [3.63, 3.8) is 0 Å². The summed E-state index contributed by atoms with van der Waals surface area (Å²) in [5.41, 5.74) is 7.99. The van der Waals surface area contributed by atoms with E-state index < -0.39 is 28.7 Å². The summed E-state index contributed by atoms with van der Waals surface area (Å²) >= 11 is 0. The van der Waals surface area contributed by atoms with Crippen LogP contribution in [0.15, 0.2) is 170 Å². The molecule has 0 spiro atoms. The predicted octanol–water partition coefficient (Wildman–Crippen LogP) is 11.9. The van der Waals surface area contributed by atoms with Crippen molar-refractivity contribution in [3.05, 3.63) is 170 Å². The fourth-order valence-electron chi connectivity index (χ4n) is 7.90. The quantitative estimate of drug-likeness (QED) is 0.0640. The summed E-state index contributed by atoms with van der Waals surface area (Å²) in [6, 6.07) is 52.7. The van der Waals surface area contributed by atoms with Crippen molar-refractivity contribution in [1.82, 2.24) is 15.0 Å². The summed E-state index contributed by atoms with van der Waals surface area (Å²) in [4.78, 5) is 14.3. The van der Waals surface area contributed by atoms with Crippen molar-refractivity contribution in [2.45, 2.75) is 0 Å². The minimum absolute atomic E-state index is 0.227. The summed E-state index contributed by atoms with van der Waals surface area (Å²) in [5, 5.41) is 58.6. The second-order valence-corrected chi connectivity index (χ2v) is 14.4. The minimum atomic E-state index is -1.01. The molecule has 0 bridgehead atoms. The lowest BCUT2D eigenvalue weighted by atomic mass is 9.92. The number of aromatic nitrogens is 3. The van der Waals surface area contributed by atoms with Gasteiger partial charge in [-0.1, -0.05) is 140 Å². The molecule has 0 saturated heterocycles. The Morgan fingerprint density at radius 1 is 0.305 bits per heavy atom. The van der Waals surface area contributed by atoms with E-state index in [1.165, 1.54) is 32.3 Å². The summed E-state index contributed by atoms with van der Waals surface area (Å²) in [6.45, 7) is 0. The van der Waals surface area contributed by atoms with Crippen LogP contribution >= 0.6 is 0 Å². The van der Waals surface area contributed by atoms with E-state index in [0.29, 0.717) is 28.3 Å². The monoisotopic (exact) mass is 767 g/mol. The van der Waals surface area contributed by atoms with Crippen LogP contribution in [0.1, 0.15) is 0 Å². The molecule has 0 aliphatic heterocycles. The van der Waals surface area contributed by atoms with Crippen LogP contribution in [0, 0.1) is 0 Å². The number of hydrogen-bond acceptors (Lipinski definition) is 8. The van der Waals surface area contributed by atoms with Gasteiger partial charge in [0.05, 0.1) is 17.0 Å². The first kappa shape index (κ1) is 35.2. The van der Waals surface area contributed by atoms with E-state index >= 15 is 0 Å². The van der Waals surface area contributed by atoms with Gasteiger partial charge in [-0.05, 0) is 78.3 Å². The molecule has 8 aromatic carbocycles. The molecule has 0 fully saturated rings. The summed E-state index contributed by atoms with van der Waals surface area (Å²) < 4.78 is 0. The van der Waals surface area contributed by atoms with Gasteiger partial charge in [0.1, 0.15) is 0 Å². The van der Waals surface area contributed by atoms with E-state index in [-0.39, 0.29) is 5.56 Å². The highest BCUT2D eigenvalue weighted by Crippen LogP contribution is 2.54. The molecule has 0 aliphatic carbocycles. The van der Waals surface area contributed by atoms with Crippen molar-refractivity contribution in [2.24, 2.45) is 0 Å². The van der Waals surface area contributed by atoms with Gasteiger partial charge >= 0.3 is 0 Å². The standard InChI is InChI=1S/C51H33N3O5/c55-46-45(47(56)49(58)50(59)48(46)57)33-19-17-32(18-20-33)44-27-43(31-15-11-30(12-16-31)36-6-5-25-52-28-36)53-51(54-44)34-21-13-29(14-22-34)35-23-24-41-39-9-2-1-7-37(39)38-8-3-4-10-40(38)42(41)26-35/h1-28,55-59H. The molecule has 2 aromatic heterocycles. The first-order chi connectivity index (χ1) is 28.8. The van der Waals surface area contributed by atoms with Gasteiger partial charge in [-0.25, -0.2) is 9.97 Å². The molecule has 8 heteroatoms. The molecule has 0 radical (unpaired) electrons. The number of pyridine rings is 1. The molecule has 0 atom stereocenters. The smallest absolute Gasteiger partial charge is 0.208 e. The Labute approximate surface area is 337 Å². The van der Waals surface area contributed by atoms with Crippen molar-refractivity contribution in [1.29, 1.82) is 0 Å². The third kappa shape index (κ3) is 6.07. The van der Waals surface area contributed by atoms with Crippen molar-refractivity contribution in [2.75, 3.05) is 0 Å². The Bertz CT molecular complexity index is 3180. The summed E-state index contributed by atoms with van der Waals surface area (Å²) in [6.07, 6.45) is 3.57. The first-order valence-corrected chi connectivity index (χ1v) is 19.0. The highest BCUT2D eigenvalue weighted by atomic mass is 16.4. The van der Waals surface area contributed by atoms with Gasteiger partial charge in [0.2, 0.25) is 17.2 Å². The van der Waals surface area contributed by atoms with E-state index in [1.807, 2.05) is 60.8 Å². The lowest BCUT2D eigenvalue weighted by Gasteiger charge is -2.14. The number of aromatic hydroxyl groups is 5. The third-order valence-corrected chi connectivity index (χ3v) is 11.0. The normalized spacial score (nSPS) is 11.4. The Morgan fingerprint density at radius 2 is 0.729 bits per heavy atom. The van der Waals surface area contributed by atoms with Crippen molar-refractivity contribution in [3.8, 4) is 96.0 Å². The zero-order chi connectivity index (χ0) is 40.2. The maximum atomic E-state index is 10.6. The van der Waals surface area contributed by atoms with Gasteiger partial charge in [-0.15, -0.1) is 0 Å². The number of benzene rings is 8. The van der Waals surface area contributed by atoms with Crippen LogP contribution in [0.4, 0.5) is 0 Å². The zero-order valence-electron chi connectivity index (χ0n) is 31.2. The van der Waals surface area contributed by atoms with Gasteiger partial charge in [-0.3, -0.25) is 4.98 Å². The fourth-order valence-corrected chi connectivity index (χ4v) is 7.90. The highest BCUT2D eigenvalue weighted by molar-refractivity contribution is 6.25. The molecule has 2 heterocycles. The van der Waals surface area contributed by atoms with Gasteiger partial charge in [0, 0.05) is 29.1 Å². The van der Waals surface area contributed by atoms with Crippen LogP contribution in [-0.4, -0.2) is 40.5 Å². The SMILES string of the molecule is Oc1c(O)c(O)c(-c2ccc(-c3cc(-c4ccc(-c5cccnc5)cc4)nc(-c4ccc(-c5ccc6c7ccccc7c7ccccc7c6c5)cc4)n3)cc2)c(O)c1O. The molecule has 5 N–H and O–H groups in total. The van der Waals surface area contributed by atoms with E-state index in [4.69, 9.17) is 9.97 Å². The molecule has 59 heavy (non-hydrogen) atoms. The lowest BCUT2D eigenvalue weighted by molar-refractivity contribution is 0.330. The van der Waals surface area contributed by atoms with Crippen LogP contribution in [0.3, 0.4) is 0 Å². The molecule has 0 unspecified atom stereocenters. The molecule has 282 valence electrons. The highest BCUT2D eigenvalue weighted by Gasteiger charge is 2.24. The largest absolute Gasteiger partial charge is 0.504 e. The van der Waals surface area contributed by atoms with Crippen LogP contribution in [0.25, 0.3) is 99.6 Å². The van der Waals surface area contributed by atoms with E-state index in [2.05, 4.69) is 83.8 Å². The second kappa shape index (κ2) is 14.1. The fraction of sp³-hybridized carbons (Fsp3) is 0. The maximum absolute atomic E-state index is 10.6. The van der Waals surface area contributed by atoms with Gasteiger partial charge in [-0.2, -0.15) is 0 Å². The average Bonchev–Trinajstić information content (AvgIpc) is 3.30. The second-order valence-electron chi connectivity index (χ2n) is 14.4. The summed E-state index contributed by atoms with van der Waals surface area (Å²) in [7, 11) is 0. The van der Waals surface area contributed by atoms with Crippen molar-refractivity contribution < 1.29 is 25.5 Å².